The van der Waals surface area contributed by atoms with Gasteiger partial charge in [-0.25, -0.2) is 19.2 Å². The highest BCUT2D eigenvalue weighted by Crippen LogP contribution is 2.48. The van der Waals surface area contributed by atoms with Gasteiger partial charge in [-0.3, -0.25) is 19.2 Å². The summed E-state index contributed by atoms with van der Waals surface area (Å²) in [6.45, 7) is 37.7. The summed E-state index contributed by atoms with van der Waals surface area (Å²) >= 11 is 0. The summed E-state index contributed by atoms with van der Waals surface area (Å²) in [5, 5.41) is 27.2. The summed E-state index contributed by atoms with van der Waals surface area (Å²) in [4.78, 5) is 118. The zero-order chi connectivity index (χ0) is 103. The van der Waals surface area contributed by atoms with Crippen LogP contribution >= 0.6 is 0 Å². The number of benzene rings is 14. The number of fused-ring (bicyclic) bond motifs is 12. The Morgan fingerprint density at radius 1 is 0.201 bits per heavy atom. The number of rotatable bonds is 20. The number of carbonyl (C=O) groups excluding carboxylic acids is 8. The molecule has 12 bridgehead atoms. The molecule has 14 heteroatoms. The van der Waals surface area contributed by atoms with E-state index >= 15 is 19.2 Å². The van der Waals surface area contributed by atoms with E-state index in [1.165, 1.54) is 24.3 Å². The molecule has 2 N–H and O–H groups in total. The van der Waals surface area contributed by atoms with E-state index in [1.54, 1.807) is 218 Å². The molecule has 1 aliphatic rings. The number of ether oxygens (including phenoxy) is 4. The molecule has 0 saturated carbocycles. The van der Waals surface area contributed by atoms with Crippen molar-refractivity contribution >= 4 is 71.3 Å². The Bertz CT molecular complexity index is 6930. The molecular formula is C130H124O14. The highest BCUT2D eigenvalue weighted by molar-refractivity contribution is 6.09. The van der Waals surface area contributed by atoms with Crippen LogP contribution in [0.15, 0.2) is 315 Å². The third kappa shape index (κ3) is 25.2. The molecule has 14 aromatic rings. The van der Waals surface area contributed by atoms with Crippen LogP contribution in [0.5, 0.6) is 34.5 Å². The predicted octanol–water partition coefficient (Wildman–Crippen LogP) is 29.2. The van der Waals surface area contributed by atoms with Crippen LogP contribution in [0.3, 0.4) is 0 Å². The quantitative estimate of drug-likeness (QED) is 0.0314. The summed E-state index contributed by atoms with van der Waals surface area (Å²) in [5.41, 5.74) is 12.6. The largest absolute Gasteiger partial charge is 0.507 e. The Kier molecular flexibility index (Phi) is 30.3. The zero-order valence-corrected chi connectivity index (χ0v) is 85.4. The molecule has 144 heavy (non-hydrogen) atoms. The Labute approximate surface area is 846 Å². The molecule has 0 radical (unpaired) electrons. The van der Waals surface area contributed by atoms with Crippen molar-refractivity contribution in [3.05, 3.63) is 482 Å². The number of esters is 4. The number of carbonyl (C=O) groups is 8. The van der Waals surface area contributed by atoms with E-state index in [9.17, 15) is 29.4 Å². The summed E-state index contributed by atoms with van der Waals surface area (Å²) < 4.78 is 28.6. The number of allylic oxidation sites excluding steroid dienone is 4. The van der Waals surface area contributed by atoms with Crippen LogP contribution in [0, 0.1) is 0 Å². The first-order chi connectivity index (χ1) is 68.2. The van der Waals surface area contributed by atoms with Crippen molar-refractivity contribution in [2.75, 3.05) is 0 Å². The highest BCUT2D eigenvalue weighted by Gasteiger charge is 2.34. The van der Waals surface area contributed by atoms with E-state index in [0.29, 0.717) is 111 Å². The van der Waals surface area contributed by atoms with Crippen molar-refractivity contribution in [3.63, 3.8) is 0 Å². The second-order valence-electron chi connectivity index (χ2n) is 43.6. The first-order valence-electron chi connectivity index (χ1n) is 49.0. The van der Waals surface area contributed by atoms with E-state index in [2.05, 4.69) is 125 Å². The molecule has 14 aromatic carbocycles. The maximum absolute atomic E-state index is 16.1. The van der Waals surface area contributed by atoms with E-state index in [4.69, 9.17) is 18.9 Å². The third-order valence-corrected chi connectivity index (χ3v) is 26.3. The van der Waals surface area contributed by atoms with Crippen LogP contribution < -0.4 is 18.9 Å². The average Bonchev–Trinajstić information content (AvgIpc) is 0.759. The van der Waals surface area contributed by atoms with Crippen molar-refractivity contribution in [2.45, 2.75) is 196 Å². The van der Waals surface area contributed by atoms with Gasteiger partial charge in [-0.15, -0.1) is 0 Å². The first kappa shape index (κ1) is 103. The van der Waals surface area contributed by atoms with Gasteiger partial charge in [-0.05, 0) is 183 Å². The molecule has 0 aliphatic heterocycles. The fraction of sp³-hybridized carbons (Fsp3) is 0.231. The standard InChI is InChI=1S/C130H124O14/c1-125(2,3)105-69-93-63-94-70-106(126(4,5)6)72-96(116(94)136)65-98-74-108(128(10,11)12)76-100(118(98)142-122(138)90-53-41-82(42-54-90)48-60-112(132)86-33-25-20-26-34-86)67-102-78-110(130(16,17)18)80-104(120(102)144-124(140)92-57-45-84(46-58-92)50-62-114(134)88-37-29-22-30-38-88)68-103-79-109(129(13,14)15)77-101(119(103)143-123(139)91-55-43-83(44-56-91)49-61-113(133)87-35-27-21-28-36-87)66-99-75-107(127(7,8)9)73-97(64-95(71-105)115(93)135)117(99)141-121(137)89-51-39-81(40-52-89)47-59-111(131)85-31-23-19-24-32-85/h19-62,69-80,135-136H,63-68H2,1-18H3/b59-47-,60-48-,61-49-,62-50+. The maximum atomic E-state index is 16.1. The third-order valence-electron chi connectivity index (χ3n) is 26.3. The van der Waals surface area contributed by atoms with E-state index in [0.717, 1.165) is 33.4 Å². The lowest BCUT2D eigenvalue weighted by molar-refractivity contribution is 0.0721. The van der Waals surface area contributed by atoms with E-state index in [-0.39, 0.29) is 118 Å². The molecule has 0 fully saturated rings. The number of hydrogen-bond acceptors (Lipinski definition) is 14. The minimum atomic E-state index is -0.749. The number of phenols is 2. The molecule has 0 unspecified atom stereocenters. The van der Waals surface area contributed by atoms with Crippen molar-refractivity contribution in [1.29, 1.82) is 0 Å². The van der Waals surface area contributed by atoms with Crippen LogP contribution in [-0.4, -0.2) is 57.2 Å². The second kappa shape index (κ2) is 42.5. The Morgan fingerprint density at radius 2 is 0.347 bits per heavy atom. The molecule has 0 spiro atoms. The molecule has 728 valence electrons. The van der Waals surface area contributed by atoms with Gasteiger partial charge in [0.15, 0.2) is 23.1 Å². The van der Waals surface area contributed by atoms with Crippen molar-refractivity contribution < 1.29 is 67.5 Å². The van der Waals surface area contributed by atoms with E-state index < -0.39 is 56.4 Å². The van der Waals surface area contributed by atoms with Crippen LogP contribution in [0.25, 0.3) is 24.3 Å². The topological polar surface area (TPSA) is 214 Å². The molecule has 0 atom stereocenters. The number of hydrogen-bond donors (Lipinski definition) is 2. The van der Waals surface area contributed by atoms with Gasteiger partial charge in [0, 0.05) is 105 Å². The van der Waals surface area contributed by atoms with Crippen LogP contribution in [0.2, 0.25) is 0 Å². The smallest absolute Gasteiger partial charge is 0.343 e. The van der Waals surface area contributed by atoms with Gasteiger partial charge in [0.25, 0.3) is 0 Å². The molecule has 0 aromatic heterocycles. The van der Waals surface area contributed by atoms with Gasteiger partial charge in [0.1, 0.15) is 34.5 Å². The lowest BCUT2D eigenvalue weighted by Crippen LogP contribution is -2.19. The minimum Gasteiger partial charge on any atom is -0.507 e. The average molecular weight is 1910 g/mol. The minimum absolute atomic E-state index is 0.0166. The monoisotopic (exact) mass is 1910 g/mol. The van der Waals surface area contributed by atoms with Crippen molar-refractivity contribution in [2.24, 2.45) is 0 Å². The van der Waals surface area contributed by atoms with Crippen LogP contribution in [0.1, 0.15) is 330 Å². The van der Waals surface area contributed by atoms with Gasteiger partial charge in [0.2, 0.25) is 0 Å². The highest BCUT2D eigenvalue weighted by atomic mass is 16.5. The van der Waals surface area contributed by atoms with Gasteiger partial charge in [0.05, 0.1) is 22.3 Å². The maximum Gasteiger partial charge on any atom is 0.343 e. The fourth-order valence-electron chi connectivity index (χ4n) is 17.5. The van der Waals surface area contributed by atoms with E-state index in [1.807, 2.05) is 97.1 Å². The first-order valence-corrected chi connectivity index (χ1v) is 49.0. The number of phenolic OH excluding ortho intramolecular Hbond substituents is 2. The fourth-order valence-corrected chi connectivity index (χ4v) is 17.5. The molecular weight excluding hydrogens is 1790 g/mol. The van der Waals surface area contributed by atoms with Crippen LogP contribution in [-0.2, 0) is 71.0 Å². The Balaban J connectivity index is 1.00. The van der Waals surface area contributed by atoms with Gasteiger partial charge in [-0.2, -0.15) is 0 Å². The summed E-state index contributed by atoms with van der Waals surface area (Å²) in [5.74, 6) is -3.27. The molecule has 15 rings (SSSR count). The Morgan fingerprint density at radius 3 is 0.507 bits per heavy atom. The Hall–Kier alpha value is -15.8. The summed E-state index contributed by atoms with van der Waals surface area (Å²) in [7, 11) is 0. The summed E-state index contributed by atoms with van der Waals surface area (Å²) in [6, 6.07) is 87.0. The number of ketones is 4. The SMILES string of the molecule is CC(C)(C)c1cc2c(O)c(c1)Cc1cc(C(C)(C)C)cc(c1OC(=O)c1ccc(/C=C\C(=O)c3ccccc3)cc1)Cc1cc(C(C)(C)C)cc(c1OC(=O)c1ccc(/C=C\C(=O)c3ccccc3)cc1)Cc1cc(C(C)(C)C)cc(c1OC(=O)c1ccc(/C=C/C(=O)c3ccccc3)cc1)Cc1cc(C(C)(C)C)cc(c1OC(=O)c1ccc(/C=C\C(=O)c3ccccc3)cc1)Cc1cc(C(C)(C)C)cc(c1O)C2. The number of aromatic hydroxyl groups is 2. The molecule has 1 aliphatic carbocycles. The molecule has 0 amide bonds. The second-order valence-corrected chi connectivity index (χ2v) is 43.6. The van der Waals surface area contributed by atoms with Crippen molar-refractivity contribution in [1.82, 2.24) is 0 Å². The van der Waals surface area contributed by atoms with Crippen molar-refractivity contribution in [3.8, 4) is 34.5 Å². The molecule has 14 nitrogen and oxygen atoms in total. The van der Waals surface area contributed by atoms with Gasteiger partial charge < -0.3 is 29.2 Å². The lowest BCUT2D eigenvalue weighted by Gasteiger charge is -2.28. The van der Waals surface area contributed by atoms with Gasteiger partial charge >= 0.3 is 23.9 Å². The molecule has 0 heterocycles. The molecule has 0 saturated heterocycles. The zero-order valence-electron chi connectivity index (χ0n) is 85.4. The predicted molar refractivity (Wildman–Crippen MR) is 576 cm³/mol. The normalized spacial score (nSPS) is 12.8. The summed E-state index contributed by atoms with van der Waals surface area (Å²) in [6.07, 6.45) is 12.4. The van der Waals surface area contributed by atoms with Crippen LogP contribution in [0.4, 0.5) is 0 Å². The lowest BCUT2D eigenvalue weighted by atomic mass is 9.79. The van der Waals surface area contributed by atoms with Gasteiger partial charge in [-0.1, -0.05) is 392 Å².